The molecular formula is C22H22N4O2S. The Balaban J connectivity index is 1.59. The second kappa shape index (κ2) is 8.53. The normalized spacial score (nSPS) is 13.7. The van der Waals surface area contributed by atoms with Gasteiger partial charge in [0.1, 0.15) is 6.54 Å². The number of benzene rings is 2. The first-order valence-electron chi connectivity index (χ1n) is 9.40. The van der Waals surface area contributed by atoms with Crippen molar-refractivity contribution in [3.05, 3.63) is 72.4 Å². The molecule has 0 saturated carbocycles. The summed E-state index contributed by atoms with van der Waals surface area (Å²) in [5.41, 5.74) is 3.77. The topological polar surface area (TPSA) is 58.4 Å². The van der Waals surface area contributed by atoms with E-state index in [1.807, 2.05) is 71.5 Å². The fraction of sp³-hybridized carbons (Fsp3) is 0.227. The van der Waals surface area contributed by atoms with Crippen molar-refractivity contribution in [3.8, 4) is 16.9 Å². The molecule has 3 aromatic rings. The number of para-hydroxylation sites is 1. The maximum Gasteiger partial charge on any atom is 0.242 e. The molecule has 2 heterocycles. The van der Waals surface area contributed by atoms with Crippen LogP contribution in [0.1, 0.15) is 5.56 Å². The predicted molar refractivity (Wildman–Crippen MR) is 115 cm³/mol. The molecule has 0 bridgehead atoms. The van der Waals surface area contributed by atoms with Gasteiger partial charge in [-0.25, -0.2) is 4.68 Å². The minimum absolute atomic E-state index is 0.0265. The first-order valence-corrected chi connectivity index (χ1v) is 10.6. The molecule has 29 heavy (non-hydrogen) atoms. The maximum absolute atomic E-state index is 12.7. The van der Waals surface area contributed by atoms with Crippen LogP contribution in [0, 0.1) is 0 Å². The largest absolute Gasteiger partial charge is 0.340 e. The lowest BCUT2D eigenvalue weighted by Gasteiger charge is -2.21. The summed E-state index contributed by atoms with van der Waals surface area (Å²) in [6.07, 6.45) is 1.97. The highest BCUT2D eigenvalue weighted by Crippen LogP contribution is 2.25. The van der Waals surface area contributed by atoms with Crippen LogP contribution in [-0.4, -0.2) is 56.6 Å². The van der Waals surface area contributed by atoms with Gasteiger partial charge in [0.2, 0.25) is 11.8 Å². The Kier molecular flexibility index (Phi) is 5.67. The summed E-state index contributed by atoms with van der Waals surface area (Å²) in [6.45, 7) is 0.543. The van der Waals surface area contributed by atoms with Crippen LogP contribution in [0.15, 0.2) is 66.9 Å². The van der Waals surface area contributed by atoms with Crippen LogP contribution in [0.2, 0.25) is 0 Å². The van der Waals surface area contributed by atoms with Crippen molar-refractivity contribution in [2.24, 2.45) is 0 Å². The molecule has 6 nitrogen and oxygen atoms in total. The Hall–Kier alpha value is -3.06. The SMILES string of the molecule is CN(Cc1cn(-c2ccccc2)nc1-c1ccccc1)C(=O)CN1CSCC1=O. The fourth-order valence-corrected chi connectivity index (χ4v) is 4.15. The van der Waals surface area contributed by atoms with Gasteiger partial charge in [-0.05, 0) is 12.1 Å². The number of carbonyl (C=O) groups is 2. The van der Waals surface area contributed by atoms with E-state index in [4.69, 9.17) is 5.10 Å². The van der Waals surface area contributed by atoms with Gasteiger partial charge in [0, 0.05) is 30.9 Å². The average molecular weight is 407 g/mol. The lowest BCUT2D eigenvalue weighted by Crippen LogP contribution is -2.38. The number of hydrogen-bond donors (Lipinski definition) is 0. The lowest BCUT2D eigenvalue weighted by atomic mass is 10.1. The number of aromatic nitrogens is 2. The van der Waals surface area contributed by atoms with Crippen LogP contribution in [-0.2, 0) is 16.1 Å². The van der Waals surface area contributed by atoms with E-state index in [1.165, 1.54) is 0 Å². The van der Waals surface area contributed by atoms with E-state index in [1.54, 1.807) is 28.6 Å². The van der Waals surface area contributed by atoms with Crippen LogP contribution in [0.4, 0.5) is 0 Å². The third-order valence-corrected chi connectivity index (χ3v) is 5.79. The molecule has 2 amide bonds. The first kappa shape index (κ1) is 19.3. The van der Waals surface area contributed by atoms with Crippen molar-refractivity contribution >= 4 is 23.6 Å². The summed E-state index contributed by atoms with van der Waals surface area (Å²) in [5, 5.41) is 4.79. The zero-order valence-corrected chi connectivity index (χ0v) is 17.0. The Morgan fingerprint density at radius 2 is 1.79 bits per heavy atom. The molecule has 0 aliphatic carbocycles. The van der Waals surface area contributed by atoms with E-state index in [0.717, 1.165) is 22.5 Å². The predicted octanol–water partition coefficient (Wildman–Crippen LogP) is 3.03. The van der Waals surface area contributed by atoms with Gasteiger partial charge < -0.3 is 9.80 Å². The third-order valence-electron chi connectivity index (χ3n) is 4.84. The summed E-state index contributed by atoms with van der Waals surface area (Å²) in [4.78, 5) is 27.7. The lowest BCUT2D eigenvalue weighted by molar-refractivity contribution is -0.137. The van der Waals surface area contributed by atoms with E-state index < -0.39 is 0 Å². The van der Waals surface area contributed by atoms with E-state index in [-0.39, 0.29) is 18.4 Å². The van der Waals surface area contributed by atoms with Crippen molar-refractivity contribution < 1.29 is 9.59 Å². The maximum atomic E-state index is 12.7. The Morgan fingerprint density at radius 1 is 1.10 bits per heavy atom. The smallest absolute Gasteiger partial charge is 0.242 e. The quantitative estimate of drug-likeness (QED) is 0.631. The van der Waals surface area contributed by atoms with Crippen molar-refractivity contribution in [1.82, 2.24) is 19.6 Å². The van der Waals surface area contributed by atoms with E-state index in [0.29, 0.717) is 18.2 Å². The van der Waals surface area contributed by atoms with Crippen molar-refractivity contribution in [2.75, 3.05) is 25.2 Å². The zero-order valence-electron chi connectivity index (χ0n) is 16.2. The molecule has 1 aromatic heterocycles. The molecular weight excluding hydrogens is 384 g/mol. The van der Waals surface area contributed by atoms with Gasteiger partial charge in [-0.15, -0.1) is 11.8 Å². The molecule has 1 aliphatic rings. The van der Waals surface area contributed by atoms with Crippen LogP contribution in [0.3, 0.4) is 0 Å². The van der Waals surface area contributed by atoms with Gasteiger partial charge in [-0.2, -0.15) is 5.10 Å². The number of thioether (sulfide) groups is 1. The van der Waals surface area contributed by atoms with Crippen molar-refractivity contribution in [1.29, 1.82) is 0 Å². The monoisotopic (exact) mass is 406 g/mol. The molecule has 148 valence electrons. The summed E-state index contributed by atoms with van der Waals surface area (Å²) in [5.74, 6) is 0.990. The second-order valence-corrected chi connectivity index (χ2v) is 7.92. The van der Waals surface area contributed by atoms with Crippen LogP contribution in [0.25, 0.3) is 16.9 Å². The molecule has 2 aromatic carbocycles. The summed E-state index contributed by atoms with van der Waals surface area (Å²) < 4.78 is 1.84. The van der Waals surface area contributed by atoms with Crippen molar-refractivity contribution in [2.45, 2.75) is 6.54 Å². The average Bonchev–Trinajstić information content (AvgIpc) is 3.35. The molecule has 0 spiro atoms. The number of carbonyl (C=O) groups excluding carboxylic acids is 2. The van der Waals surface area contributed by atoms with Gasteiger partial charge in [0.15, 0.2) is 0 Å². The van der Waals surface area contributed by atoms with Gasteiger partial charge in [0.25, 0.3) is 0 Å². The molecule has 0 unspecified atom stereocenters. The van der Waals surface area contributed by atoms with Crippen LogP contribution in [0.5, 0.6) is 0 Å². The highest BCUT2D eigenvalue weighted by molar-refractivity contribution is 8.00. The van der Waals surface area contributed by atoms with E-state index in [2.05, 4.69) is 0 Å². The number of hydrogen-bond acceptors (Lipinski definition) is 4. The highest BCUT2D eigenvalue weighted by Gasteiger charge is 2.25. The van der Waals surface area contributed by atoms with Gasteiger partial charge in [0.05, 0.1) is 23.0 Å². The third kappa shape index (κ3) is 4.35. The Morgan fingerprint density at radius 3 is 2.45 bits per heavy atom. The molecule has 0 N–H and O–H groups in total. The Labute approximate surface area is 174 Å². The first-order chi connectivity index (χ1) is 14.1. The second-order valence-electron chi connectivity index (χ2n) is 6.97. The van der Waals surface area contributed by atoms with Gasteiger partial charge in [-0.3, -0.25) is 9.59 Å². The summed E-state index contributed by atoms with van der Waals surface area (Å²) in [7, 11) is 1.77. The Bertz CT molecular complexity index is 1000. The molecule has 1 fully saturated rings. The molecule has 1 aliphatic heterocycles. The molecule has 7 heteroatoms. The summed E-state index contributed by atoms with van der Waals surface area (Å²) in [6, 6.07) is 19.9. The fourth-order valence-electron chi connectivity index (χ4n) is 3.25. The van der Waals surface area contributed by atoms with Crippen LogP contribution < -0.4 is 0 Å². The van der Waals surface area contributed by atoms with Gasteiger partial charge in [-0.1, -0.05) is 48.5 Å². The van der Waals surface area contributed by atoms with E-state index >= 15 is 0 Å². The number of amides is 2. The number of rotatable bonds is 6. The minimum atomic E-state index is -0.0766. The van der Waals surface area contributed by atoms with Crippen molar-refractivity contribution in [3.63, 3.8) is 0 Å². The van der Waals surface area contributed by atoms with Gasteiger partial charge >= 0.3 is 0 Å². The number of likely N-dealkylation sites (N-methyl/N-ethyl adjacent to an activating group) is 1. The zero-order chi connectivity index (χ0) is 20.2. The van der Waals surface area contributed by atoms with Crippen LogP contribution >= 0.6 is 11.8 Å². The summed E-state index contributed by atoms with van der Waals surface area (Å²) >= 11 is 1.54. The minimum Gasteiger partial charge on any atom is -0.340 e. The molecule has 0 atom stereocenters. The molecule has 0 radical (unpaired) electrons. The highest BCUT2D eigenvalue weighted by atomic mass is 32.2. The molecule has 1 saturated heterocycles. The molecule has 4 rings (SSSR count). The number of nitrogens with zero attached hydrogens (tertiary/aromatic N) is 4. The standard InChI is InChI=1S/C22H22N4O2S/c1-24(20(27)14-25-16-29-15-21(25)28)12-18-13-26(19-10-6-3-7-11-19)23-22(18)17-8-4-2-5-9-17/h2-11,13H,12,14-16H2,1H3. The van der Waals surface area contributed by atoms with E-state index in [9.17, 15) is 9.59 Å².